The summed E-state index contributed by atoms with van der Waals surface area (Å²) < 4.78 is 5.05. The van der Waals surface area contributed by atoms with Crippen molar-refractivity contribution in [2.75, 3.05) is 6.54 Å². The summed E-state index contributed by atoms with van der Waals surface area (Å²) in [5, 5.41) is 8.28. The number of hydrogen-bond donors (Lipinski definition) is 2. The van der Waals surface area contributed by atoms with E-state index in [1.54, 1.807) is 6.20 Å². The second-order valence-corrected chi connectivity index (χ2v) is 4.38. The lowest BCUT2D eigenvalue weighted by Gasteiger charge is -2.01. The molecule has 0 amide bonds. The van der Waals surface area contributed by atoms with Crippen molar-refractivity contribution in [1.29, 1.82) is 0 Å². The van der Waals surface area contributed by atoms with Crippen LogP contribution in [-0.2, 0) is 13.0 Å². The van der Waals surface area contributed by atoms with Gasteiger partial charge in [0.2, 0.25) is 5.89 Å². The van der Waals surface area contributed by atoms with E-state index < -0.39 is 0 Å². The van der Waals surface area contributed by atoms with Crippen molar-refractivity contribution in [1.82, 2.24) is 25.4 Å². The molecule has 2 N–H and O–H groups in total. The standard InChI is InChI=1S/C13H15N5O/c1-9-17-12(19-18-9)4-6-14-7-10-8-16-13-11(10)3-2-5-15-13/h2-3,5,8,14H,4,6-7H2,1H3,(H,15,16). The largest absolute Gasteiger partial charge is 0.346 e. The predicted molar refractivity (Wildman–Crippen MR) is 70.5 cm³/mol. The van der Waals surface area contributed by atoms with Gasteiger partial charge < -0.3 is 14.8 Å². The summed E-state index contributed by atoms with van der Waals surface area (Å²) in [6.45, 7) is 3.41. The van der Waals surface area contributed by atoms with Crippen molar-refractivity contribution in [3.05, 3.63) is 41.8 Å². The third-order valence-electron chi connectivity index (χ3n) is 2.94. The highest BCUT2D eigenvalue weighted by Crippen LogP contribution is 2.14. The highest BCUT2D eigenvalue weighted by molar-refractivity contribution is 5.79. The molecule has 0 aliphatic rings. The molecule has 0 aromatic carbocycles. The van der Waals surface area contributed by atoms with Gasteiger partial charge in [-0.05, 0) is 24.6 Å². The van der Waals surface area contributed by atoms with Crippen LogP contribution in [0.2, 0.25) is 0 Å². The van der Waals surface area contributed by atoms with E-state index in [2.05, 4.69) is 31.5 Å². The van der Waals surface area contributed by atoms with Gasteiger partial charge in [-0.2, -0.15) is 4.98 Å². The van der Waals surface area contributed by atoms with Crippen LogP contribution in [-0.4, -0.2) is 26.7 Å². The van der Waals surface area contributed by atoms with Gasteiger partial charge in [-0.25, -0.2) is 4.98 Å². The number of fused-ring (bicyclic) bond motifs is 1. The van der Waals surface area contributed by atoms with E-state index in [4.69, 9.17) is 4.52 Å². The lowest BCUT2D eigenvalue weighted by molar-refractivity contribution is 0.372. The second-order valence-electron chi connectivity index (χ2n) is 4.38. The van der Waals surface area contributed by atoms with Crippen molar-refractivity contribution >= 4 is 11.0 Å². The van der Waals surface area contributed by atoms with Crippen LogP contribution in [0, 0.1) is 6.92 Å². The van der Waals surface area contributed by atoms with E-state index in [1.807, 2.05) is 19.2 Å². The molecule has 0 atom stereocenters. The van der Waals surface area contributed by atoms with Gasteiger partial charge in [0.15, 0.2) is 5.82 Å². The summed E-state index contributed by atoms with van der Waals surface area (Å²) in [4.78, 5) is 11.6. The molecule has 19 heavy (non-hydrogen) atoms. The Morgan fingerprint density at radius 3 is 3.21 bits per heavy atom. The van der Waals surface area contributed by atoms with E-state index in [-0.39, 0.29) is 0 Å². The minimum Gasteiger partial charge on any atom is -0.346 e. The molecule has 0 saturated carbocycles. The SMILES string of the molecule is Cc1noc(CCNCc2c[nH]c3ncccc23)n1. The first-order valence-corrected chi connectivity index (χ1v) is 6.24. The summed E-state index contributed by atoms with van der Waals surface area (Å²) in [6, 6.07) is 4.01. The quantitative estimate of drug-likeness (QED) is 0.678. The first-order chi connectivity index (χ1) is 9.33. The molecule has 0 saturated heterocycles. The normalized spacial score (nSPS) is 11.2. The molecule has 3 rings (SSSR count). The number of nitrogens with zero attached hydrogens (tertiary/aromatic N) is 3. The van der Waals surface area contributed by atoms with E-state index in [9.17, 15) is 0 Å². The fourth-order valence-electron chi connectivity index (χ4n) is 2.02. The van der Waals surface area contributed by atoms with Crippen LogP contribution in [0.5, 0.6) is 0 Å². The highest BCUT2D eigenvalue weighted by atomic mass is 16.5. The van der Waals surface area contributed by atoms with Crippen molar-refractivity contribution in [2.24, 2.45) is 0 Å². The van der Waals surface area contributed by atoms with Gasteiger partial charge in [-0.15, -0.1) is 0 Å². The maximum Gasteiger partial charge on any atom is 0.227 e. The molecule has 0 unspecified atom stereocenters. The molecule has 3 aromatic heterocycles. The molecule has 0 aliphatic carbocycles. The Morgan fingerprint density at radius 1 is 1.42 bits per heavy atom. The molecular weight excluding hydrogens is 242 g/mol. The van der Waals surface area contributed by atoms with Crippen LogP contribution in [0.1, 0.15) is 17.3 Å². The zero-order chi connectivity index (χ0) is 13.1. The maximum absolute atomic E-state index is 5.05. The van der Waals surface area contributed by atoms with Crippen LogP contribution >= 0.6 is 0 Å². The van der Waals surface area contributed by atoms with Crippen LogP contribution in [0.4, 0.5) is 0 Å². The molecule has 6 heteroatoms. The number of hydrogen-bond acceptors (Lipinski definition) is 5. The Kier molecular flexibility index (Phi) is 3.24. The maximum atomic E-state index is 5.05. The van der Waals surface area contributed by atoms with E-state index >= 15 is 0 Å². The van der Waals surface area contributed by atoms with Crippen LogP contribution in [0.25, 0.3) is 11.0 Å². The fraction of sp³-hybridized carbons (Fsp3) is 0.308. The Balaban J connectivity index is 1.55. The molecule has 0 fully saturated rings. The van der Waals surface area contributed by atoms with E-state index in [0.29, 0.717) is 11.7 Å². The molecule has 3 aromatic rings. The molecule has 0 spiro atoms. The monoisotopic (exact) mass is 257 g/mol. The lowest BCUT2D eigenvalue weighted by atomic mass is 10.2. The van der Waals surface area contributed by atoms with E-state index in [1.165, 1.54) is 5.56 Å². The summed E-state index contributed by atoms with van der Waals surface area (Å²) in [6.07, 6.45) is 4.51. The van der Waals surface area contributed by atoms with E-state index in [0.717, 1.165) is 30.5 Å². The van der Waals surface area contributed by atoms with Crippen molar-refractivity contribution in [3.8, 4) is 0 Å². The number of pyridine rings is 1. The lowest BCUT2D eigenvalue weighted by Crippen LogP contribution is -2.16. The molecule has 3 heterocycles. The fourth-order valence-corrected chi connectivity index (χ4v) is 2.02. The number of H-pyrrole nitrogens is 1. The summed E-state index contributed by atoms with van der Waals surface area (Å²) in [5.41, 5.74) is 2.14. The summed E-state index contributed by atoms with van der Waals surface area (Å²) in [5.74, 6) is 1.35. The topological polar surface area (TPSA) is 79.6 Å². The summed E-state index contributed by atoms with van der Waals surface area (Å²) in [7, 11) is 0. The van der Waals surface area contributed by atoms with Crippen LogP contribution < -0.4 is 5.32 Å². The smallest absolute Gasteiger partial charge is 0.227 e. The minimum absolute atomic E-state index is 0.672. The van der Waals surface area contributed by atoms with Crippen LogP contribution in [0.15, 0.2) is 29.0 Å². The molecular formula is C13H15N5O. The molecule has 0 aliphatic heterocycles. The minimum atomic E-state index is 0.672. The number of rotatable bonds is 5. The van der Waals surface area contributed by atoms with Crippen molar-refractivity contribution < 1.29 is 4.52 Å². The van der Waals surface area contributed by atoms with Gasteiger partial charge >= 0.3 is 0 Å². The molecule has 0 radical (unpaired) electrons. The van der Waals surface area contributed by atoms with Gasteiger partial charge in [0.05, 0.1) is 0 Å². The predicted octanol–water partition coefficient (Wildman–Crippen LogP) is 1.59. The Morgan fingerprint density at radius 2 is 2.37 bits per heavy atom. The Hall–Kier alpha value is -2.21. The Labute approximate surface area is 110 Å². The molecule has 0 bridgehead atoms. The average molecular weight is 257 g/mol. The van der Waals surface area contributed by atoms with Crippen molar-refractivity contribution in [2.45, 2.75) is 19.9 Å². The third-order valence-corrected chi connectivity index (χ3v) is 2.94. The zero-order valence-corrected chi connectivity index (χ0v) is 10.7. The molecule has 6 nitrogen and oxygen atoms in total. The first kappa shape index (κ1) is 11.9. The van der Waals surface area contributed by atoms with Crippen LogP contribution in [0.3, 0.4) is 0 Å². The number of aromatic amines is 1. The average Bonchev–Trinajstić information content (AvgIpc) is 3.02. The number of aromatic nitrogens is 4. The van der Waals surface area contributed by atoms with Gasteiger partial charge in [0, 0.05) is 37.3 Å². The Bertz CT molecular complexity index is 672. The van der Waals surface area contributed by atoms with Gasteiger partial charge in [-0.1, -0.05) is 5.16 Å². The number of aryl methyl sites for hydroxylation is 1. The van der Waals surface area contributed by atoms with Gasteiger partial charge in [0.25, 0.3) is 0 Å². The highest BCUT2D eigenvalue weighted by Gasteiger charge is 2.04. The second kappa shape index (κ2) is 5.19. The zero-order valence-electron chi connectivity index (χ0n) is 10.7. The summed E-state index contributed by atoms with van der Waals surface area (Å²) >= 11 is 0. The third kappa shape index (κ3) is 2.63. The van der Waals surface area contributed by atoms with Gasteiger partial charge in [-0.3, -0.25) is 0 Å². The first-order valence-electron chi connectivity index (χ1n) is 6.24. The molecule has 98 valence electrons. The number of nitrogens with one attached hydrogen (secondary N) is 2. The van der Waals surface area contributed by atoms with Crippen molar-refractivity contribution in [3.63, 3.8) is 0 Å². The van der Waals surface area contributed by atoms with Gasteiger partial charge in [0.1, 0.15) is 5.65 Å².